The Morgan fingerprint density at radius 2 is 1.94 bits per heavy atom. The van der Waals surface area contributed by atoms with Crippen molar-refractivity contribution in [3.8, 4) is 11.5 Å². The lowest BCUT2D eigenvalue weighted by Crippen LogP contribution is -2.44. The molecule has 7 heteroatoms. The van der Waals surface area contributed by atoms with Gasteiger partial charge in [-0.2, -0.15) is 0 Å². The molecule has 1 unspecified atom stereocenters. The number of anilines is 3. The number of fused-ring (bicyclic) bond motifs is 2. The molecule has 1 aromatic heterocycles. The van der Waals surface area contributed by atoms with Crippen LogP contribution in [0.5, 0.6) is 11.5 Å². The van der Waals surface area contributed by atoms with Crippen molar-refractivity contribution in [1.82, 2.24) is 9.88 Å². The van der Waals surface area contributed by atoms with Crippen LogP contribution in [0.4, 0.5) is 17.2 Å². The monoisotopic (exact) mass is 415 g/mol. The normalized spacial score (nSPS) is 17.3. The van der Waals surface area contributed by atoms with Crippen LogP contribution in [0.3, 0.4) is 0 Å². The van der Waals surface area contributed by atoms with E-state index in [1.54, 1.807) is 20.4 Å². The molecule has 3 heterocycles. The van der Waals surface area contributed by atoms with Crippen molar-refractivity contribution in [2.75, 3.05) is 31.4 Å². The Kier molecular flexibility index (Phi) is 5.18. The Morgan fingerprint density at radius 3 is 2.74 bits per heavy atom. The summed E-state index contributed by atoms with van der Waals surface area (Å²) in [7, 11) is 3.29. The second-order valence-corrected chi connectivity index (χ2v) is 7.59. The van der Waals surface area contributed by atoms with Gasteiger partial charge in [0.15, 0.2) is 17.8 Å². The zero-order valence-electron chi connectivity index (χ0n) is 17.6. The van der Waals surface area contributed by atoms with Gasteiger partial charge in [0.2, 0.25) is 0 Å². The molecule has 5 rings (SSSR count). The smallest absolute Gasteiger partial charge is 0.176 e. The lowest BCUT2D eigenvalue weighted by Gasteiger charge is -2.36. The first-order valence-corrected chi connectivity index (χ1v) is 10.3. The number of aromatic nitrogens is 1. The molecule has 0 amide bonds. The van der Waals surface area contributed by atoms with Crippen LogP contribution in [0.15, 0.2) is 59.7 Å². The molecule has 0 saturated carbocycles. The molecule has 2 aliphatic heterocycles. The van der Waals surface area contributed by atoms with Crippen LogP contribution in [0.1, 0.15) is 16.7 Å². The predicted octanol–water partition coefficient (Wildman–Crippen LogP) is 4.03. The van der Waals surface area contributed by atoms with Crippen molar-refractivity contribution in [3.63, 3.8) is 0 Å². The van der Waals surface area contributed by atoms with Gasteiger partial charge in [0, 0.05) is 48.5 Å². The number of ether oxygens (including phenoxy) is 2. The molecule has 0 saturated heterocycles. The Labute approximate surface area is 181 Å². The van der Waals surface area contributed by atoms with Crippen molar-refractivity contribution < 1.29 is 9.47 Å². The molecule has 3 aromatic rings. The molecule has 0 fully saturated rings. The highest BCUT2D eigenvalue weighted by atomic mass is 16.5. The highest BCUT2D eigenvalue weighted by Crippen LogP contribution is 2.35. The molecule has 1 atom stereocenters. The number of nitrogens with zero attached hydrogens (tertiary/aromatic N) is 3. The van der Waals surface area contributed by atoms with Crippen LogP contribution < -0.4 is 20.1 Å². The number of aliphatic imine (C=N–C) groups is 1. The number of nitrogens with one attached hydrogen (secondary N) is 2. The van der Waals surface area contributed by atoms with Crippen LogP contribution in [0.2, 0.25) is 0 Å². The molecule has 0 radical (unpaired) electrons. The summed E-state index contributed by atoms with van der Waals surface area (Å²) in [6, 6.07) is 16.2. The number of pyridine rings is 1. The molecule has 0 aliphatic carbocycles. The number of rotatable bonds is 5. The highest BCUT2D eigenvalue weighted by molar-refractivity contribution is 5.91. The maximum atomic E-state index is 5.46. The standard InChI is InChI=1S/C24H25N5O2/c1-30-21-12-17-14-26-24(28-20(17)13-22(21)31-2)29-11-9-18-16(15-29)6-5-7-19(18)27-23-8-3-4-10-25-23/h3-8,10,12-14,24,28H,9,11,15H2,1-2H3,(H,25,27). The molecular weight excluding hydrogens is 390 g/mol. The van der Waals surface area contributed by atoms with Crippen molar-refractivity contribution in [2.24, 2.45) is 4.99 Å². The summed E-state index contributed by atoms with van der Waals surface area (Å²) in [5.41, 5.74) is 5.76. The van der Waals surface area contributed by atoms with Gasteiger partial charge in [-0.1, -0.05) is 18.2 Å². The third kappa shape index (κ3) is 3.80. The van der Waals surface area contributed by atoms with Crippen LogP contribution in [-0.2, 0) is 13.0 Å². The van der Waals surface area contributed by atoms with Gasteiger partial charge in [-0.25, -0.2) is 4.98 Å². The van der Waals surface area contributed by atoms with Gasteiger partial charge in [-0.15, -0.1) is 0 Å². The van der Waals surface area contributed by atoms with E-state index in [9.17, 15) is 0 Å². The first kappa shape index (κ1) is 19.4. The fourth-order valence-corrected chi connectivity index (χ4v) is 4.17. The zero-order valence-corrected chi connectivity index (χ0v) is 17.6. The van der Waals surface area contributed by atoms with Gasteiger partial charge in [0.05, 0.1) is 14.2 Å². The van der Waals surface area contributed by atoms with E-state index in [-0.39, 0.29) is 6.29 Å². The van der Waals surface area contributed by atoms with Crippen molar-refractivity contribution in [2.45, 2.75) is 19.3 Å². The molecule has 0 spiro atoms. The molecule has 0 bridgehead atoms. The molecule has 2 N–H and O–H groups in total. The third-order valence-electron chi connectivity index (χ3n) is 5.76. The van der Waals surface area contributed by atoms with E-state index in [0.29, 0.717) is 11.5 Å². The van der Waals surface area contributed by atoms with Crippen LogP contribution in [0, 0.1) is 0 Å². The molecule has 158 valence electrons. The third-order valence-corrected chi connectivity index (χ3v) is 5.76. The van der Waals surface area contributed by atoms with Crippen LogP contribution in [0.25, 0.3) is 0 Å². The van der Waals surface area contributed by atoms with Crippen LogP contribution in [-0.4, -0.2) is 43.2 Å². The summed E-state index contributed by atoms with van der Waals surface area (Å²) in [6.07, 6.45) is 4.53. The predicted molar refractivity (Wildman–Crippen MR) is 123 cm³/mol. The fraction of sp³-hybridized carbons (Fsp3) is 0.250. The maximum absolute atomic E-state index is 5.46. The first-order valence-electron chi connectivity index (χ1n) is 10.3. The van der Waals surface area contributed by atoms with Crippen molar-refractivity contribution in [3.05, 3.63) is 71.4 Å². The minimum atomic E-state index is -0.119. The van der Waals surface area contributed by atoms with E-state index >= 15 is 0 Å². The second-order valence-electron chi connectivity index (χ2n) is 7.59. The molecule has 2 aliphatic rings. The van der Waals surface area contributed by atoms with E-state index < -0.39 is 0 Å². The van der Waals surface area contributed by atoms with Gasteiger partial charge >= 0.3 is 0 Å². The average molecular weight is 415 g/mol. The zero-order chi connectivity index (χ0) is 21.2. The largest absolute Gasteiger partial charge is 0.493 e. The van der Waals surface area contributed by atoms with Gasteiger partial charge in [-0.3, -0.25) is 9.89 Å². The summed E-state index contributed by atoms with van der Waals surface area (Å²) in [6.45, 7) is 1.73. The summed E-state index contributed by atoms with van der Waals surface area (Å²) in [5.74, 6) is 2.27. The molecule has 7 nitrogen and oxygen atoms in total. The summed E-state index contributed by atoms with van der Waals surface area (Å²) >= 11 is 0. The Morgan fingerprint density at radius 1 is 1.06 bits per heavy atom. The van der Waals surface area contributed by atoms with Gasteiger partial charge in [0.1, 0.15) is 5.82 Å². The van der Waals surface area contributed by atoms with Gasteiger partial charge < -0.3 is 20.1 Å². The van der Waals surface area contributed by atoms with Gasteiger partial charge in [0.25, 0.3) is 0 Å². The number of hydrogen-bond donors (Lipinski definition) is 2. The number of benzene rings is 2. The molecule has 2 aromatic carbocycles. The van der Waals surface area contributed by atoms with Crippen molar-refractivity contribution >= 4 is 23.4 Å². The minimum Gasteiger partial charge on any atom is -0.493 e. The Bertz CT molecular complexity index is 1120. The number of methoxy groups -OCH3 is 2. The molecular formula is C24H25N5O2. The van der Waals surface area contributed by atoms with E-state index in [4.69, 9.17) is 14.5 Å². The maximum Gasteiger partial charge on any atom is 0.176 e. The summed E-state index contributed by atoms with van der Waals surface area (Å²) in [4.78, 5) is 11.5. The second kappa shape index (κ2) is 8.28. The SMILES string of the molecule is COc1cc2c(cc1OC)NC(N1CCc3c(cccc3Nc3ccccn3)C1)N=C2. The number of hydrogen-bond acceptors (Lipinski definition) is 7. The Hall–Kier alpha value is -3.58. The van der Waals surface area contributed by atoms with E-state index in [1.807, 2.05) is 36.5 Å². The average Bonchev–Trinajstić information content (AvgIpc) is 2.83. The fourth-order valence-electron chi connectivity index (χ4n) is 4.17. The first-order chi connectivity index (χ1) is 15.2. The topological polar surface area (TPSA) is 71.0 Å². The van der Waals surface area contributed by atoms with Gasteiger partial charge in [-0.05, 0) is 41.8 Å². The Balaban J connectivity index is 1.35. The van der Waals surface area contributed by atoms with E-state index in [2.05, 4.69) is 38.7 Å². The van der Waals surface area contributed by atoms with Crippen molar-refractivity contribution in [1.29, 1.82) is 0 Å². The lowest BCUT2D eigenvalue weighted by atomic mass is 9.97. The molecule has 31 heavy (non-hydrogen) atoms. The minimum absolute atomic E-state index is 0.119. The van der Waals surface area contributed by atoms with E-state index in [1.165, 1.54) is 11.1 Å². The lowest BCUT2D eigenvalue weighted by molar-refractivity contribution is 0.202. The highest BCUT2D eigenvalue weighted by Gasteiger charge is 2.27. The summed E-state index contributed by atoms with van der Waals surface area (Å²) < 4.78 is 10.9. The summed E-state index contributed by atoms with van der Waals surface area (Å²) in [5, 5.41) is 7.01. The quantitative estimate of drug-likeness (QED) is 0.656. The van der Waals surface area contributed by atoms with E-state index in [0.717, 1.165) is 42.3 Å². The van der Waals surface area contributed by atoms with Crippen LogP contribution >= 0.6 is 0 Å².